The Kier molecular flexibility index (Phi) is 6.08. The number of benzene rings is 1. The summed E-state index contributed by atoms with van der Waals surface area (Å²) in [6, 6.07) is 9.63. The highest BCUT2D eigenvalue weighted by molar-refractivity contribution is 6.07. The van der Waals surface area contributed by atoms with E-state index in [-0.39, 0.29) is 11.7 Å². The minimum absolute atomic E-state index is 0.246. The summed E-state index contributed by atoms with van der Waals surface area (Å²) >= 11 is 0. The Balaban J connectivity index is 1.55. The first-order valence-electron chi connectivity index (χ1n) is 10.1. The maximum absolute atomic E-state index is 13.2. The van der Waals surface area contributed by atoms with Crippen LogP contribution in [-0.4, -0.2) is 42.2 Å². The second-order valence-corrected chi connectivity index (χ2v) is 7.36. The maximum atomic E-state index is 13.2. The molecule has 3 heterocycles. The average molecular weight is 421 g/mol. The summed E-state index contributed by atoms with van der Waals surface area (Å²) in [5.74, 6) is 0.297. The normalized spacial score (nSPS) is 13.7. The molecule has 0 bridgehead atoms. The van der Waals surface area contributed by atoms with Crippen LogP contribution < -0.4 is 15.5 Å². The summed E-state index contributed by atoms with van der Waals surface area (Å²) in [6.07, 6.45) is 3.21. The smallest absolute Gasteiger partial charge is 0.257 e. The zero-order chi connectivity index (χ0) is 21.8. The number of ether oxygens (including phenoxy) is 1. The van der Waals surface area contributed by atoms with Gasteiger partial charge in [-0.3, -0.25) is 9.78 Å². The van der Waals surface area contributed by atoms with Crippen molar-refractivity contribution in [2.75, 3.05) is 41.8 Å². The van der Waals surface area contributed by atoms with Crippen LogP contribution in [0.25, 0.3) is 0 Å². The number of morpholine rings is 1. The Hall–Kier alpha value is -3.52. The monoisotopic (exact) mass is 421 g/mol. The molecule has 0 unspecified atom stereocenters. The van der Waals surface area contributed by atoms with Crippen molar-refractivity contribution in [1.29, 1.82) is 0 Å². The highest BCUT2D eigenvalue weighted by Crippen LogP contribution is 2.26. The SMILES string of the molecule is Cc1cc(N2CCOCC2)nc(C)c1C(=O)Nc1ccncc1Nc1ccc(F)cc1. The fraction of sp³-hybridized carbons (Fsp3) is 0.261. The Morgan fingerprint density at radius 2 is 1.84 bits per heavy atom. The van der Waals surface area contributed by atoms with Gasteiger partial charge in [-0.05, 0) is 55.8 Å². The summed E-state index contributed by atoms with van der Waals surface area (Å²) in [7, 11) is 0. The number of anilines is 4. The van der Waals surface area contributed by atoms with E-state index >= 15 is 0 Å². The highest BCUT2D eigenvalue weighted by Gasteiger charge is 2.19. The van der Waals surface area contributed by atoms with Crippen molar-refractivity contribution in [3.63, 3.8) is 0 Å². The quantitative estimate of drug-likeness (QED) is 0.647. The summed E-state index contributed by atoms with van der Waals surface area (Å²) in [6.45, 7) is 6.68. The molecule has 4 rings (SSSR count). The second kappa shape index (κ2) is 9.09. The number of amides is 1. The fourth-order valence-corrected chi connectivity index (χ4v) is 3.59. The Morgan fingerprint density at radius 1 is 1.10 bits per heavy atom. The molecule has 1 fully saturated rings. The third-order valence-corrected chi connectivity index (χ3v) is 5.14. The van der Waals surface area contributed by atoms with Crippen molar-refractivity contribution < 1.29 is 13.9 Å². The number of pyridine rings is 2. The Morgan fingerprint density at radius 3 is 2.55 bits per heavy atom. The molecule has 0 spiro atoms. The Labute approximate surface area is 180 Å². The molecule has 1 aliphatic rings. The van der Waals surface area contributed by atoms with Gasteiger partial charge in [0, 0.05) is 25.0 Å². The van der Waals surface area contributed by atoms with Crippen molar-refractivity contribution in [3.05, 3.63) is 71.4 Å². The number of hydrogen-bond acceptors (Lipinski definition) is 6. The standard InChI is InChI=1S/C23H24FN5O2/c1-15-13-21(29-9-11-31-12-10-29)26-16(2)22(15)23(30)28-19-7-8-25-14-20(19)27-18-5-3-17(24)4-6-18/h3-8,13-14,27H,9-12H2,1-2H3,(H,25,28,30). The van der Waals surface area contributed by atoms with E-state index in [1.807, 2.05) is 19.9 Å². The van der Waals surface area contributed by atoms with Crippen LogP contribution in [-0.2, 0) is 4.74 Å². The van der Waals surface area contributed by atoms with Gasteiger partial charge in [-0.15, -0.1) is 0 Å². The van der Waals surface area contributed by atoms with Crippen LogP contribution in [0.15, 0.2) is 48.8 Å². The van der Waals surface area contributed by atoms with Gasteiger partial charge in [0.1, 0.15) is 11.6 Å². The largest absolute Gasteiger partial charge is 0.378 e. The van der Waals surface area contributed by atoms with Crippen molar-refractivity contribution >= 4 is 28.8 Å². The van der Waals surface area contributed by atoms with E-state index in [4.69, 9.17) is 4.74 Å². The summed E-state index contributed by atoms with van der Waals surface area (Å²) in [5.41, 5.74) is 3.93. The lowest BCUT2D eigenvalue weighted by Gasteiger charge is -2.28. The van der Waals surface area contributed by atoms with Crippen molar-refractivity contribution in [1.82, 2.24) is 9.97 Å². The molecule has 1 aromatic carbocycles. The van der Waals surface area contributed by atoms with Crippen LogP contribution in [0.5, 0.6) is 0 Å². The highest BCUT2D eigenvalue weighted by atomic mass is 19.1. The summed E-state index contributed by atoms with van der Waals surface area (Å²) in [5, 5.41) is 6.11. The third-order valence-electron chi connectivity index (χ3n) is 5.14. The Bertz CT molecular complexity index is 1060. The van der Waals surface area contributed by atoms with Crippen molar-refractivity contribution in [2.24, 2.45) is 0 Å². The van der Waals surface area contributed by atoms with Gasteiger partial charge in [-0.1, -0.05) is 0 Å². The lowest BCUT2D eigenvalue weighted by molar-refractivity contribution is 0.102. The number of aryl methyl sites for hydroxylation is 2. The number of carbonyl (C=O) groups is 1. The van der Waals surface area contributed by atoms with E-state index in [1.165, 1.54) is 12.1 Å². The average Bonchev–Trinajstić information content (AvgIpc) is 2.77. The number of nitrogens with one attached hydrogen (secondary N) is 2. The van der Waals surface area contributed by atoms with E-state index in [0.717, 1.165) is 24.5 Å². The van der Waals surface area contributed by atoms with Gasteiger partial charge in [0.15, 0.2) is 0 Å². The number of carbonyl (C=O) groups excluding carboxylic acids is 1. The third kappa shape index (κ3) is 4.80. The molecule has 0 aliphatic carbocycles. The molecule has 3 aromatic rings. The summed E-state index contributed by atoms with van der Waals surface area (Å²) in [4.78, 5) is 24.1. The van der Waals surface area contributed by atoms with E-state index < -0.39 is 0 Å². The van der Waals surface area contributed by atoms with Crippen LogP contribution in [0.1, 0.15) is 21.6 Å². The van der Waals surface area contributed by atoms with E-state index in [2.05, 4.69) is 25.5 Å². The molecule has 7 nitrogen and oxygen atoms in total. The van der Waals surface area contributed by atoms with Gasteiger partial charge >= 0.3 is 0 Å². The molecule has 1 saturated heterocycles. The van der Waals surface area contributed by atoms with Crippen molar-refractivity contribution in [3.8, 4) is 0 Å². The van der Waals surface area contributed by atoms with Crippen LogP contribution >= 0.6 is 0 Å². The minimum Gasteiger partial charge on any atom is -0.378 e. The first kappa shape index (κ1) is 20.7. The molecular formula is C23H24FN5O2. The predicted molar refractivity (Wildman–Crippen MR) is 119 cm³/mol. The molecule has 2 aromatic heterocycles. The summed E-state index contributed by atoms with van der Waals surface area (Å²) < 4.78 is 18.6. The number of nitrogens with zero attached hydrogens (tertiary/aromatic N) is 3. The molecule has 160 valence electrons. The lowest BCUT2D eigenvalue weighted by Crippen LogP contribution is -2.37. The topological polar surface area (TPSA) is 79.4 Å². The molecule has 8 heteroatoms. The zero-order valence-corrected chi connectivity index (χ0v) is 17.5. The predicted octanol–water partition coefficient (Wildman–Crippen LogP) is 4.07. The van der Waals surface area contributed by atoms with Crippen LogP contribution in [0.2, 0.25) is 0 Å². The lowest BCUT2D eigenvalue weighted by atomic mass is 10.1. The zero-order valence-electron chi connectivity index (χ0n) is 17.5. The number of aromatic nitrogens is 2. The maximum Gasteiger partial charge on any atom is 0.257 e. The molecule has 2 N–H and O–H groups in total. The molecule has 0 saturated carbocycles. The van der Waals surface area contributed by atoms with E-state index in [0.29, 0.717) is 41.5 Å². The minimum atomic E-state index is -0.316. The fourth-order valence-electron chi connectivity index (χ4n) is 3.59. The molecule has 0 atom stereocenters. The molecule has 1 aliphatic heterocycles. The van der Waals surface area contributed by atoms with Crippen molar-refractivity contribution in [2.45, 2.75) is 13.8 Å². The van der Waals surface area contributed by atoms with Crippen LogP contribution in [0.4, 0.5) is 27.3 Å². The van der Waals surface area contributed by atoms with Gasteiger partial charge in [-0.25, -0.2) is 9.37 Å². The molecule has 1 amide bonds. The van der Waals surface area contributed by atoms with Crippen LogP contribution in [0.3, 0.4) is 0 Å². The first-order valence-corrected chi connectivity index (χ1v) is 10.1. The van der Waals surface area contributed by atoms with Gasteiger partial charge < -0.3 is 20.3 Å². The van der Waals surface area contributed by atoms with Gasteiger partial charge in [0.25, 0.3) is 5.91 Å². The first-order chi connectivity index (χ1) is 15.0. The van der Waals surface area contributed by atoms with E-state index in [1.54, 1.807) is 30.6 Å². The second-order valence-electron chi connectivity index (χ2n) is 7.36. The van der Waals surface area contributed by atoms with E-state index in [9.17, 15) is 9.18 Å². The molecular weight excluding hydrogens is 397 g/mol. The molecule has 31 heavy (non-hydrogen) atoms. The van der Waals surface area contributed by atoms with Gasteiger partial charge in [0.2, 0.25) is 0 Å². The number of rotatable bonds is 5. The number of hydrogen-bond donors (Lipinski definition) is 2. The molecule has 0 radical (unpaired) electrons. The van der Waals surface area contributed by atoms with Crippen LogP contribution in [0, 0.1) is 19.7 Å². The number of halogens is 1. The van der Waals surface area contributed by atoms with Gasteiger partial charge in [-0.2, -0.15) is 0 Å². The van der Waals surface area contributed by atoms with Gasteiger partial charge in [0.05, 0.1) is 42.0 Å².